The van der Waals surface area contributed by atoms with Gasteiger partial charge in [-0.05, 0) is 38.1 Å². The Hall–Kier alpha value is -1.79. The SMILES string of the molecule is CN1CC[C@@H]2CN(C(=O)Nc3ccc(Cl)c4cn[nH]c34)C[C@@H]21. The van der Waals surface area contributed by atoms with Crippen molar-refractivity contribution in [3.05, 3.63) is 23.4 Å². The van der Waals surface area contributed by atoms with Gasteiger partial charge < -0.3 is 15.1 Å². The fraction of sp³-hybridized carbons (Fsp3) is 0.467. The first-order valence-corrected chi connectivity index (χ1v) is 7.89. The van der Waals surface area contributed by atoms with E-state index in [0.29, 0.717) is 22.7 Å². The Morgan fingerprint density at radius 2 is 2.32 bits per heavy atom. The standard InChI is InChI=1S/C15H18ClN5O/c1-20-5-4-9-7-21(8-13(9)20)15(22)18-12-3-2-11(16)10-6-17-19-14(10)12/h2-3,6,9,13H,4-5,7-8H2,1H3,(H,17,19)(H,18,22)/t9-,13+/m1/s1. The third-order valence-corrected chi connectivity index (χ3v) is 5.25. The number of H-pyrrole nitrogens is 1. The van der Waals surface area contributed by atoms with Crippen LogP contribution >= 0.6 is 11.6 Å². The number of likely N-dealkylation sites (N-methyl/N-ethyl adjacent to an activating group) is 1. The molecule has 1 aromatic carbocycles. The normalized spacial score (nSPS) is 24.9. The Morgan fingerprint density at radius 3 is 3.14 bits per heavy atom. The average molecular weight is 320 g/mol. The molecule has 116 valence electrons. The van der Waals surface area contributed by atoms with Gasteiger partial charge in [0.2, 0.25) is 0 Å². The minimum absolute atomic E-state index is 0.0546. The van der Waals surface area contributed by atoms with Gasteiger partial charge in [-0.15, -0.1) is 0 Å². The van der Waals surface area contributed by atoms with Gasteiger partial charge in [0.25, 0.3) is 0 Å². The van der Waals surface area contributed by atoms with Crippen LogP contribution < -0.4 is 5.32 Å². The predicted molar refractivity (Wildman–Crippen MR) is 86.2 cm³/mol. The van der Waals surface area contributed by atoms with E-state index in [1.54, 1.807) is 12.3 Å². The predicted octanol–water partition coefficient (Wildman–Crippen LogP) is 2.38. The number of fused-ring (bicyclic) bond motifs is 2. The summed E-state index contributed by atoms with van der Waals surface area (Å²) in [6.07, 6.45) is 2.85. The highest BCUT2D eigenvalue weighted by Gasteiger charge is 2.41. The Morgan fingerprint density at radius 1 is 1.45 bits per heavy atom. The zero-order chi connectivity index (χ0) is 15.3. The van der Waals surface area contributed by atoms with Crippen molar-refractivity contribution in [2.45, 2.75) is 12.5 Å². The molecule has 22 heavy (non-hydrogen) atoms. The van der Waals surface area contributed by atoms with Crippen LogP contribution in [0.1, 0.15) is 6.42 Å². The number of nitrogens with one attached hydrogen (secondary N) is 2. The number of likely N-dealkylation sites (tertiary alicyclic amines) is 2. The smallest absolute Gasteiger partial charge is 0.321 e. The highest BCUT2D eigenvalue weighted by molar-refractivity contribution is 6.35. The molecule has 1 aromatic heterocycles. The van der Waals surface area contributed by atoms with Crippen LogP contribution in [-0.2, 0) is 0 Å². The maximum Gasteiger partial charge on any atom is 0.321 e. The number of amides is 2. The molecular formula is C15H18ClN5O. The van der Waals surface area contributed by atoms with Gasteiger partial charge in [0.15, 0.2) is 0 Å². The Kier molecular flexibility index (Phi) is 3.23. The molecule has 0 spiro atoms. The number of hydrogen-bond donors (Lipinski definition) is 2. The molecular weight excluding hydrogens is 302 g/mol. The van der Waals surface area contributed by atoms with E-state index >= 15 is 0 Å². The summed E-state index contributed by atoms with van der Waals surface area (Å²) in [5.74, 6) is 0.605. The van der Waals surface area contributed by atoms with Crippen LogP contribution in [0.15, 0.2) is 18.3 Å². The molecule has 0 unspecified atom stereocenters. The number of carbonyl (C=O) groups excluding carboxylic acids is 1. The largest absolute Gasteiger partial charge is 0.323 e. The van der Waals surface area contributed by atoms with Gasteiger partial charge in [-0.1, -0.05) is 11.6 Å². The van der Waals surface area contributed by atoms with E-state index in [9.17, 15) is 4.79 Å². The summed E-state index contributed by atoms with van der Waals surface area (Å²) in [5.41, 5.74) is 1.48. The third kappa shape index (κ3) is 2.14. The Bertz CT molecular complexity index is 730. The van der Waals surface area contributed by atoms with E-state index in [-0.39, 0.29) is 6.03 Å². The summed E-state index contributed by atoms with van der Waals surface area (Å²) in [4.78, 5) is 16.8. The summed E-state index contributed by atoms with van der Waals surface area (Å²) >= 11 is 6.13. The zero-order valence-corrected chi connectivity index (χ0v) is 13.1. The first kappa shape index (κ1) is 13.8. The number of carbonyl (C=O) groups is 1. The number of urea groups is 1. The average Bonchev–Trinajstić information content (AvgIpc) is 3.19. The molecule has 2 saturated heterocycles. The number of anilines is 1. The van der Waals surface area contributed by atoms with Gasteiger partial charge in [-0.2, -0.15) is 5.10 Å². The fourth-order valence-electron chi connectivity index (χ4n) is 3.64. The molecule has 3 heterocycles. The van der Waals surface area contributed by atoms with Crippen molar-refractivity contribution in [3.8, 4) is 0 Å². The molecule has 2 amide bonds. The van der Waals surface area contributed by atoms with Gasteiger partial charge >= 0.3 is 6.03 Å². The maximum atomic E-state index is 12.5. The molecule has 2 aromatic rings. The van der Waals surface area contributed by atoms with Gasteiger partial charge in [-0.25, -0.2) is 4.79 Å². The fourth-order valence-corrected chi connectivity index (χ4v) is 3.85. The van der Waals surface area contributed by atoms with Gasteiger partial charge in [0.1, 0.15) is 0 Å². The van der Waals surface area contributed by atoms with E-state index in [4.69, 9.17) is 11.6 Å². The lowest BCUT2D eigenvalue weighted by atomic mass is 10.1. The second kappa shape index (κ2) is 5.14. The topological polar surface area (TPSA) is 64.3 Å². The monoisotopic (exact) mass is 319 g/mol. The summed E-state index contributed by atoms with van der Waals surface area (Å²) in [6, 6.07) is 4.04. The van der Waals surface area contributed by atoms with E-state index in [0.717, 1.165) is 30.5 Å². The van der Waals surface area contributed by atoms with Crippen LogP contribution in [0.5, 0.6) is 0 Å². The molecule has 2 aliphatic rings. The first-order chi connectivity index (χ1) is 10.6. The molecule has 7 heteroatoms. The van der Waals surface area contributed by atoms with Crippen molar-refractivity contribution < 1.29 is 4.79 Å². The van der Waals surface area contributed by atoms with Crippen molar-refractivity contribution in [2.24, 2.45) is 5.92 Å². The Labute approximate surface area is 133 Å². The highest BCUT2D eigenvalue weighted by atomic mass is 35.5. The second-order valence-corrected chi connectivity index (χ2v) is 6.59. The quantitative estimate of drug-likeness (QED) is 0.848. The lowest BCUT2D eigenvalue weighted by Crippen LogP contribution is -2.37. The molecule has 2 aliphatic heterocycles. The van der Waals surface area contributed by atoms with E-state index in [1.165, 1.54) is 6.42 Å². The van der Waals surface area contributed by atoms with Crippen molar-refractivity contribution in [3.63, 3.8) is 0 Å². The number of hydrogen-bond acceptors (Lipinski definition) is 3. The first-order valence-electron chi connectivity index (χ1n) is 7.51. The maximum absolute atomic E-state index is 12.5. The molecule has 0 bridgehead atoms. The Balaban J connectivity index is 1.52. The van der Waals surface area contributed by atoms with Crippen LogP contribution in [0, 0.1) is 5.92 Å². The molecule has 2 atom stereocenters. The van der Waals surface area contributed by atoms with Crippen molar-refractivity contribution in [2.75, 3.05) is 32.0 Å². The minimum Gasteiger partial charge on any atom is -0.323 e. The second-order valence-electron chi connectivity index (χ2n) is 6.19. The number of halogens is 1. The van der Waals surface area contributed by atoms with Crippen LogP contribution in [0.3, 0.4) is 0 Å². The number of benzene rings is 1. The molecule has 0 radical (unpaired) electrons. The number of aromatic amines is 1. The summed E-state index contributed by atoms with van der Waals surface area (Å²) in [7, 11) is 2.14. The molecule has 4 rings (SSSR count). The van der Waals surface area contributed by atoms with Crippen LogP contribution in [0.4, 0.5) is 10.5 Å². The van der Waals surface area contributed by atoms with Crippen molar-refractivity contribution >= 4 is 34.2 Å². The lowest BCUT2D eigenvalue weighted by Gasteiger charge is -2.21. The van der Waals surface area contributed by atoms with E-state index in [1.807, 2.05) is 11.0 Å². The van der Waals surface area contributed by atoms with Gasteiger partial charge in [0.05, 0.1) is 22.4 Å². The summed E-state index contributed by atoms with van der Waals surface area (Å²) in [6.45, 7) is 2.77. The van der Waals surface area contributed by atoms with Crippen LogP contribution in [-0.4, -0.2) is 58.8 Å². The van der Waals surface area contributed by atoms with Crippen LogP contribution in [0.25, 0.3) is 10.9 Å². The molecule has 2 N–H and O–H groups in total. The summed E-state index contributed by atoms with van der Waals surface area (Å²) in [5, 5.41) is 11.3. The number of rotatable bonds is 1. The third-order valence-electron chi connectivity index (χ3n) is 4.92. The van der Waals surface area contributed by atoms with Crippen molar-refractivity contribution in [1.29, 1.82) is 0 Å². The zero-order valence-electron chi connectivity index (χ0n) is 12.3. The van der Waals surface area contributed by atoms with E-state index < -0.39 is 0 Å². The van der Waals surface area contributed by atoms with Crippen molar-refractivity contribution in [1.82, 2.24) is 20.0 Å². The van der Waals surface area contributed by atoms with Gasteiger partial charge in [-0.3, -0.25) is 5.10 Å². The molecule has 2 fully saturated rings. The number of nitrogens with zero attached hydrogens (tertiary/aromatic N) is 3. The molecule has 0 aliphatic carbocycles. The van der Waals surface area contributed by atoms with Gasteiger partial charge in [0, 0.05) is 24.5 Å². The number of aromatic nitrogens is 2. The summed E-state index contributed by atoms with van der Waals surface area (Å²) < 4.78 is 0. The van der Waals surface area contributed by atoms with E-state index in [2.05, 4.69) is 27.5 Å². The molecule has 6 nitrogen and oxygen atoms in total. The lowest BCUT2D eigenvalue weighted by molar-refractivity contribution is 0.213. The van der Waals surface area contributed by atoms with Crippen LogP contribution in [0.2, 0.25) is 5.02 Å². The minimum atomic E-state index is -0.0546. The highest BCUT2D eigenvalue weighted by Crippen LogP contribution is 2.31. The molecule has 0 saturated carbocycles.